The number of nitro groups is 1. The lowest BCUT2D eigenvalue weighted by Crippen LogP contribution is -2.41. The van der Waals surface area contributed by atoms with E-state index in [1.54, 1.807) is 18.2 Å². The van der Waals surface area contributed by atoms with Crippen molar-refractivity contribution in [3.8, 4) is 0 Å². The fourth-order valence-electron chi connectivity index (χ4n) is 2.15. The Morgan fingerprint density at radius 1 is 1.25 bits per heavy atom. The molecule has 0 heterocycles. The lowest BCUT2D eigenvalue weighted by atomic mass is 9.93. The van der Waals surface area contributed by atoms with E-state index >= 15 is 0 Å². The van der Waals surface area contributed by atoms with E-state index in [2.05, 4.69) is 10.6 Å². The number of nitrogens with one attached hydrogen (secondary N) is 2. The third-order valence-corrected chi connectivity index (χ3v) is 3.64. The van der Waals surface area contributed by atoms with Crippen molar-refractivity contribution in [1.82, 2.24) is 0 Å². The van der Waals surface area contributed by atoms with Gasteiger partial charge in [0.1, 0.15) is 11.4 Å². The van der Waals surface area contributed by atoms with Crippen molar-refractivity contribution < 1.29 is 10.0 Å². The van der Waals surface area contributed by atoms with Crippen molar-refractivity contribution in [1.29, 1.82) is 0 Å². The molecule has 6 heteroatoms. The van der Waals surface area contributed by atoms with Crippen LogP contribution < -0.4 is 10.6 Å². The van der Waals surface area contributed by atoms with Crippen LogP contribution in [0.1, 0.15) is 33.6 Å². The number of nitrogens with zero attached hydrogens (tertiary/aromatic N) is 1. The molecule has 0 aromatic heterocycles. The Kier molecular flexibility index (Phi) is 5.76. The maximum atomic E-state index is 11.3. The topological polar surface area (TPSA) is 87.4 Å². The van der Waals surface area contributed by atoms with Gasteiger partial charge in [-0.3, -0.25) is 10.1 Å². The second kappa shape index (κ2) is 7.09. The molecule has 0 bridgehead atoms. The zero-order valence-corrected chi connectivity index (χ0v) is 12.3. The fraction of sp³-hybridized carbons (Fsp3) is 0.571. The summed E-state index contributed by atoms with van der Waals surface area (Å²) in [6, 6.07) is 5.13. The first kappa shape index (κ1) is 16.2. The normalized spacial score (nSPS) is 11.2. The molecule has 112 valence electrons. The van der Waals surface area contributed by atoms with Crippen LogP contribution in [0.5, 0.6) is 0 Å². The van der Waals surface area contributed by atoms with Crippen LogP contribution >= 0.6 is 0 Å². The number of hydrogen-bond acceptors (Lipinski definition) is 5. The molecule has 0 aliphatic rings. The zero-order valence-electron chi connectivity index (χ0n) is 12.3. The molecular weight excluding hydrogens is 258 g/mol. The fourth-order valence-corrected chi connectivity index (χ4v) is 2.15. The van der Waals surface area contributed by atoms with Crippen molar-refractivity contribution in [2.45, 2.75) is 39.2 Å². The molecule has 1 rings (SSSR count). The van der Waals surface area contributed by atoms with Gasteiger partial charge in [0.15, 0.2) is 0 Å². The first-order valence-corrected chi connectivity index (χ1v) is 6.93. The molecule has 0 aliphatic carbocycles. The molecule has 20 heavy (non-hydrogen) atoms. The largest absolute Gasteiger partial charge is 0.394 e. The van der Waals surface area contributed by atoms with Crippen molar-refractivity contribution >= 4 is 17.1 Å². The molecule has 1 aromatic rings. The van der Waals surface area contributed by atoms with Crippen LogP contribution in [0.3, 0.4) is 0 Å². The van der Waals surface area contributed by atoms with Crippen LogP contribution in [0.4, 0.5) is 17.1 Å². The summed E-state index contributed by atoms with van der Waals surface area (Å²) in [5, 5.41) is 27.1. The minimum Gasteiger partial charge on any atom is -0.394 e. The molecule has 0 spiro atoms. The van der Waals surface area contributed by atoms with E-state index in [0.29, 0.717) is 30.8 Å². The first-order valence-electron chi connectivity index (χ1n) is 6.93. The molecule has 0 unspecified atom stereocenters. The summed E-state index contributed by atoms with van der Waals surface area (Å²) in [4.78, 5) is 10.9. The van der Waals surface area contributed by atoms with Gasteiger partial charge in [0, 0.05) is 6.54 Å². The van der Waals surface area contributed by atoms with E-state index in [0.717, 1.165) is 0 Å². The van der Waals surface area contributed by atoms with Gasteiger partial charge in [-0.25, -0.2) is 0 Å². The van der Waals surface area contributed by atoms with Crippen LogP contribution in [0.15, 0.2) is 18.2 Å². The highest BCUT2D eigenvalue weighted by Gasteiger charge is 2.29. The Morgan fingerprint density at radius 2 is 1.85 bits per heavy atom. The van der Waals surface area contributed by atoms with Crippen molar-refractivity contribution in [3.05, 3.63) is 28.3 Å². The zero-order chi connectivity index (χ0) is 15.2. The highest BCUT2D eigenvalue weighted by molar-refractivity contribution is 5.76. The van der Waals surface area contributed by atoms with Crippen LogP contribution in [0.2, 0.25) is 0 Å². The summed E-state index contributed by atoms with van der Waals surface area (Å²) in [5.74, 6) is 0. The minimum absolute atomic E-state index is 0.0223. The Hall–Kier alpha value is -1.82. The molecule has 6 nitrogen and oxygen atoms in total. The summed E-state index contributed by atoms with van der Waals surface area (Å²) < 4.78 is 0. The van der Waals surface area contributed by atoms with Gasteiger partial charge < -0.3 is 15.7 Å². The number of nitro benzene ring substituents is 1. The third kappa shape index (κ3) is 3.39. The van der Waals surface area contributed by atoms with Crippen molar-refractivity contribution in [2.75, 3.05) is 23.8 Å². The monoisotopic (exact) mass is 281 g/mol. The Balaban J connectivity index is 3.23. The second-order valence-corrected chi connectivity index (χ2v) is 4.76. The van der Waals surface area contributed by atoms with E-state index in [4.69, 9.17) is 0 Å². The average molecular weight is 281 g/mol. The molecule has 1 aromatic carbocycles. The predicted octanol–water partition coefficient (Wildman–Crippen LogP) is 2.99. The van der Waals surface area contributed by atoms with Gasteiger partial charge >= 0.3 is 5.69 Å². The lowest BCUT2D eigenvalue weighted by molar-refractivity contribution is -0.383. The highest BCUT2D eigenvalue weighted by Crippen LogP contribution is 2.35. The second-order valence-electron chi connectivity index (χ2n) is 4.76. The molecular formula is C14H23N3O3. The average Bonchev–Trinajstić information content (AvgIpc) is 2.45. The van der Waals surface area contributed by atoms with E-state index in [1.807, 2.05) is 20.8 Å². The molecule has 3 N–H and O–H groups in total. The maximum absolute atomic E-state index is 11.3. The first-order chi connectivity index (χ1) is 9.53. The summed E-state index contributed by atoms with van der Waals surface area (Å²) in [5.41, 5.74) is 0.414. The Morgan fingerprint density at radius 3 is 2.30 bits per heavy atom. The Bertz CT molecular complexity index is 451. The van der Waals surface area contributed by atoms with E-state index in [-0.39, 0.29) is 12.3 Å². The molecule has 0 saturated heterocycles. The smallest absolute Gasteiger partial charge is 0.315 e. The van der Waals surface area contributed by atoms with Gasteiger partial charge in [-0.1, -0.05) is 19.9 Å². The predicted molar refractivity (Wildman–Crippen MR) is 81.3 cm³/mol. The lowest BCUT2D eigenvalue weighted by Gasteiger charge is -2.31. The van der Waals surface area contributed by atoms with E-state index in [1.165, 1.54) is 0 Å². The molecule has 0 saturated carbocycles. The number of benzene rings is 1. The standard InChI is InChI=1S/C14H23N3O3/c1-4-14(5-2,10-18)16-12-9-7-8-11(15-6-3)13(12)17(19)20/h7-9,15-16,18H,4-6,10H2,1-3H3. The van der Waals surface area contributed by atoms with E-state index < -0.39 is 10.5 Å². The van der Waals surface area contributed by atoms with E-state index in [9.17, 15) is 15.2 Å². The molecule has 0 fully saturated rings. The SMILES string of the molecule is CCNc1cccc(NC(CC)(CC)CO)c1[N+](=O)[O-]. The van der Waals surface area contributed by atoms with Crippen LogP contribution in [0.25, 0.3) is 0 Å². The van der Waals surface area contributed by atoms with Crippen LogP contribution in [-0.4, -0.2) is 28.7 Å². The molecule has 0 aliphatic heterocycles. The van der Waals surface area contributed by atoms with Gasteiger partial charge in [0.25, 0.3) is 0 Å². The quantitative estimate of drug-likeness (QED) is 0.503. The van der Waals surface area contributed by atoms with Gasteiger partial charge in [-0.15, -0.1) is 0 Å². The molecule has 0 amide bonds. The number of aliphatic hydroxyl groups excluding tert-OH is 1. The number of anilines is 2. The highest BCUT2D eigenvalue weighted by atomic mass is 16.6. The number of aliphatic hydroxyl groups is 1. The van der Waals surface area contributed by atoms with Crippen molar-refractivity contribution in [2.24, 2.45) is 0 Å². The summed E-state index contributed by atoms with van der Waals surface area (Å²) in [6.07, 6.45) is 1.37. The van der Waals surface area contributed by atoms with Gasteiger partial charge in [0.2, 0.25) is 0 Å². The Labute approximate surface area is 119 Å². The van der Waals surface area contributed by atoms with Crippen LogP contribution in [-0.2, 0) is 0 Å². The number of hydrogen-bond donors (Lipinski definition) is 3. The minimum atomic E-state index is -0.532. The van der Waals surface area contributed by atoms with Crippen molar-refractivity contribution in [3.63, 3.8) is 0 Å². The maximum Gasteiger partial charge on any atom is 0.315 e. The van der Waals surface area contributed by atoms with Gasteiger partial charge in [-0.2, -0.15) is 0 Å². The van der Waals surface area contributed by atoms with Crippen LogP contribution in [0, 0.1) is 10.1 Å². The van der Waals surface area contributed by atoms with Gasteiger partial charge in [0.05, 0.1) is 17.1 Å². The molecule has 0 atom stereocenters. The number of rotatable bonds is 8. The summed E-state index contributed by atoms with van der Waals surface area (Å²) in [7, 11) is 0. The summed E-state index contributed by atoms with van der Waals surface area (Å²) >= 11 is 0. The third-order valence-electron chi connectivity index (χ3n) is 3.64. The number of para-hydroxylation sites is 1. The van der Waals surface area contributed by atoms with Gasteiger partial charge in [-0.05, 0) is 31.9 Å². The summed E-state index contributed by atoms with van der Waals surface area (Å²) in [6.45, 7) is 6.33. The molecule has 0 radical (unpaired) electrons.